The van der Waals surface area contributed by atoms with Crippen LogP contribution in [0.4, 0.5) is 0 Å². The van der Waals surface area contributed by atoms with Crippen LogP contribution in [0.15, 0.2) is 40.5 Å². The second-order valence-corrected chi connectivity index (χ2v) is 3.95. The van der Waals surface area contributed by atoms with Gasteiger partial charge in [0.05, 0.1) is 6.21 Å². The molecule has 0 aliphatic heterocycles. The molecule has 0 saturated carbocycles. The highest BCUT2D eigenvalue weighted by Crippen LogP contribution is 1.99. The monoisotopic (exact) mass is 280 g/mol. The lowest BCUT2D eigenvalue weighted by atomic mass is 10.1. The van der Waals surface area contributed by atoms with Gasteiger partial charge < -0.3 is 11.5 Å². The normalized spacial score (nSPS) is 11.2. The van der Waals surface area contributed by atoms with Crippen molar-refractivity contribution in [2.24, 2.45) is 21.7 Å². The van der Waals surface area contributed by atoms with Crippen molar-refractivity contribution in [1.82, 2.24) is 10.9 Å². The van der Waals surface area contributed by atoms with Gasteiger partial charge in [-0.25, -0.2) is 0 Å². The van der Waals surface area contributed by atoms with Crippen molar-refractivity contribution < 1.29 is 0 Å². The molecule has 6 N–H and O–H groups in total. The van der Waals surface area contributed by atoms with Crippen LogP contribution in [-0.4, -0.2) is 22.2 Å². The first-order valence-electron chi connectivity index (χ1n) is 4.86. The zero-order valence-electron chi connectivity index (χ0n) is 9.33. The first-order chi connectivity index (χ1) is 8.59. The Balaban J connectivity index is 2.89. The number of hydrogen-bond acceptors (Lipinski definition) is 4. The van der Waals surface area contributed by atoms with Gasteiger partial charge in [-0.1, -0.05) is 30.3 Å². The van der Waals surface area contributed by atoms with Gasteiger partial charge in [0.2, 0.25) is 0 Å². The summed E-state index contributed by atoms with van der Waals surface area (Å²) >= 11 is 9.30. The molecular formula is C10H12N6S2. The van der Waals surface area contributed by atoms with E-state index in [0.29, 0.717) is 5.71 Å². The van der Waals surface area contributed by atoms with Crippen LogP contribution in [0.1, 0.15) is 5.56 Å². The molecule has 0 spiro atoms. The van der Waals surface area contributed by atoms with Crippen molar-refractivity contribution in [3.63, 3.8) is 0 Å². The summed E-state index contributed by atoms with van der Waals surface area (Å²) in [5.41, 5.74) is 16.9. The SMILES string of the molecule is NC(=S)N/N=C\C(=N/NC(N)=S)c1ccccc1. The van der Waals surface area contributed by atoms with Gasteiger partial charge in [0, 0.05) is 5.56 Å². The zero-order valence-corrected chi connectivity index (χ0v) is 11.0. The van der Waals surface area contributed by atoms with E-state index in [9.17, 15) is 0 Å². The minimum Gasteiger partial charge on any atom is -0.375 e. The number of nitrogens with one attached hydrogen (secondary N) is 2. The summed E-state index contributed by atoms with van der Waals surface area (Å²) in [6, 6.07) is 9.38. The second-order valence-electron chi connectivity index (χ2n) is 3.07. The van der Waals surface area contributed by atoms with Crippen LogP contribution in [0.25, 0.3) is 0 Å². The van der Waals surface area contributed by atoms with Gasteiger partial charge in [-0.05, 0) is 24.4 Å². The molecule has 0 bridgehead atoms. The van der Waals surface area contributed by atoms with Crippen LogP contribution < -0.4 is 22.3 Å². The molecule has 6 nitrogen and oxygen atoms in total. The summed E-state index contributed by atoms with van der Waals surface area (Å²) in [5.74, 6) is 0. The Kier molecular flexibility index (Phi) is 5.68. The summed E-state index contributed by atoms with van der Waals surface area (Å²) in [6.45, 7) is 0. The Morgan fingerprint density at radius 2 is 1.67 bits per heavy atom. The molecule has 8 heteroatoms. The molecule has 0 saturated heterocycles. The number of hydrazone groups is 2. The average Bonchev–Trinajstić information content (AvgIpc) is 2.34. The van der Waals surface area contributed by atoms with Crippen molar-refractivity contribution >= 4 is 46.6 Å². The third-order valence-electron chi connectivity index (χ3n) is 1.72. The molecule has 1 aromatic rings. The van der Waals surface area contributed by atoms with Gasteiger partial charge in [0.1, 0.15) is 5.71 Å². The van der Waals surface area contributed by atoms with E-state index in [0.717, 1.165) is 5.56 Å². The van der Waals surface area contributed by atoms with E-state index in [1.165, 1.54) is 6.21 Å². The topological polar surface area (TPSA) is 101 Å². The maximum absolute atomic E-state index is 5.31. The summed E-state index contributed by atoms with van der Waals surface area (Å²) < 4.78 is 0. The minimum atomic E-state index is 0.0686. The fourth-order valence-corrected chi connectivity index (χ4v) is 1.15. The Labute approximate surface area is 115 Å². The molecule has 1 rings (SSSR count). The summed E-state index contributed by atoms with van der Waals surface area (Å²) in [6.07, 6.45) is 1.46. The molecule has 0 amide bonds. The second kappa shape index (κ2) is 7.30. The maximum atomic E-state index is 5.31. The Morgan fingerprint density at radius 3 is 2.22 bits per heavy atom. The van der Waals surface area contributed by atoms with E-state index in [-0.39, 0.29) is 10.2 Å². The van der Waals surface area contributed by atoms with Crippen molar-refractivity contribution in [1.29, 1.82) is 0 Å². The summed E-state index contributed by atoms with van der Waals surface area (Å²) in [5, 5.41) is 7.99. The van der Waals surface area contributed by atoms with E-state index in [4.69, 9.17) is 11.5 Å². The van der Waals surface area contributed by atoms with Crippen molar-refractivity contribution in [3.8, 4) is 0 Å². The van der Waals surface area contributed by atoms with E-state index < -0.39 is 0 Å². The number of nitrogens with zero attached hydrogens (tertiary/aromatic N) is 2. The molecule has 1 aromatic carbocycles. The highest BCUT2D eigenvalue weighted by Gasteiger charge is 2.00. The average molecular weight is 280 g/mol. The van der Waals surface area contributed by atoms with Crippen LogP contribution in [0.2, 0.25) is 0 Å². The summed E-state index contributed by atoms with van der Waals surface area (Å²) in [7, 11) is 0. The first kappa shape index (κ1) is 14.0. The van der Waals surface area contributed by atoms with Crippen LogP contribution in [0, 0.1) is 0 Å². The van der Waals surface area contributed by atoms with Crippen molar-refractivity contribution in [2.75, 3.05) is 0 Å². The highest BCUT2D eigenvalue weighted by molar-refractivity contribution is 7.80. The number of thiocarbonyl (C=S) groups is 2. The fourth-order valence-electron chi connectivity index (χ4n) is 1.05. The van der Waals surface area contributed by atoms with E-state index in [2.05, 4.69) is 45.5 Å². The third kappa shape index (κ3) is 5.32. The van der Waals surface area contributed by atoms with Crippen molar-refractivity contribution in [2.45, 2.75) is 0 Å². The lowest BCUT2D eigenvalue weighted by molar-refractivity contribution is 1.03. The molecule has 0 unspecified atom stereocenters. The predicted octanol–water partition coefficient (Wildman–Crippen LogP) is 0.0429. The lowest BCUT2D eigenvalue weighted by Gasteiger charge is -2.02. The minimum absolute atomic E-state index is 0.0686. The maximum Gasteiger partial charge on any atom is 0.184 e. The number of hydrogen-bond donors (Lipinski definition) is 4. The predicted molar refractivity (Wildman–Crippen MR) is 81.3 cm³/mol. The van der Waals surface area contributed by atoms with Crippen LogP contribution in [0.3, 0.4) is 0 Å². The Hall–Kier alpha value is -2.06. The van der Waals surface area contributed by atoms with Gasteiger partial charge in [-0.3, -0.25) is 10.9 Å². The Bertz CT molecular complexity index is 482. The molecule has 0 radical (unpaired) electrons. The van der Waals surface area contributed by atoms with E-state index >= 15 is 0 Å². The fraction of sp³-hybridized carbons (Fsp3) is 0. The lowest BCUT2D eigenvalue weighted by Crippen LogP contribution is -2.27. The third-order valence-corrected chi connectivity index (χ3v) is 1.90. The van der Waals surface area contributed by atoms with Crippen LogP contribution >= 0.6 is 24.4 Å². The standard InChI is InChI=1S/C10H12N6S2/c11-9(17)15-13-6-8(14-16-10(12)18)7-4-2-1-3-5-7/h1-6H,(H3,11,15,17)(H3,12,16,18)/b13-6-,14-8+. The molecule has 18 heavy (non-hydrogen) atoms. The smallest absolute Gasteiger partial charge is 0.184 e. The quantitative estimate of drug-likeness (QED) is 0.353. The number of nitrogens with two attached hydrogens (primary N) is 2. The van der Waals surface area contributed by atoms with Gasteiger partial charge in [0.25, 0.3) is 0 Å². The number of benzene rings is 1. The Morgan fingerprint density at radius 1 is 1.06 bits per heavy atom. The summed E-state index contributed by atoms with van der Waals surface area (Å²) in [4.78, 5) is 0. The molecule has 0 atom stereocenters. The molecule has 0 aliphatic rings. The van der Waals surface area contributed by atoms with Gasteiger partial charge >= 0.3 is 0 Å². The van der Waals surface area contributed by atoms with Gasteiger partial charge in [0.15, 0.2) is 10.2 Å². The molecule has 0 fully saturated rings. The van der Waals surface area contributed by atoms with Crippen LogP contribution in [0.5, 0.6) is 0 Å². The molecular weight excluding hydrogens is 268 g/mol. The number of rotatable bonds is 4. The van der Waals surface area contributed by atoms with E-state index in [1.54, 1.807) is 0 Å². The van der Waals surface area contributed by atoms with Gasteiger partial charge in [-0.2, -0.15) is 10.2 Å². The molecule has 0 heterocycles. The molecule has 0 aromatic heterocycles. The first-order valence-corrected chi connectivity index (χ1v) is 5.68. The molecule has 94 valence electrons. The molecule has 0 aliphatic carbocycles. The van der Waals surface area contributed by atoms with Gasteiger partial charge in [-0.15, -0.1) is 0 Å². The largest absolute Gasteiger partial charge is 0.375 e. The van der Waals surface area contributed by atoms with Crippen molar-refractivity contribution in [3.05, 3.63) is 35.9 Å². The zero-order chi connectivity index (χ0) is 13.4. The van der Waals surface area contributed by atoms with E-state index in [1.807, 2.05) is 30.3 Å². The van der Waals surface area contributed by atoms with Crippen LogP contribution in [-0.2, 0) is 0 Å². The highest BCUT2D eigenvalue weighted by atomic mass is 32.1.